The van der Waals surface area contributed by atoms with Gasteiger partial charge in [-0.15, -0.1) is 0 Å². The van der Waals surface area contributed by atoms with Crippen LogP contribution in [0.2, 0.25) is 0 Å². The highest BCUT2D eigenvalue weighted by molar-refractivity contribution is 7.89. The lowest BCUT2D eigenvalue weighted by atomic mass is 9.47. The zero-order chi connectivity index (χ0) is 20.4. The Kier molecular flexibility index (Phi) is 4.35. The number of piperazine rings is 1. The molecule has 158 valence electrons. The predicted molar refractivity (Wildman–Crippen MR) is 104 cm³/mol. The average Bonchev–Trinajstić information content (AvgIpc) is 2.66. The van der Waals surface area contributed by atoms with Crippen LogP contribution in [0.1, 0.15) is 38.5 Å². The standard InChI is InChI=1S/C21H27FN2O4S/c22-17-3-1-2-4-18(17)29(27,28)24-7-5-23(6-8-24)19(25)20-10-15-9-16(11-20)13-21(26,12-15)14-20/h1-4,15-16,26H,5-14H2/t15-,16+,20?,21?. The van der Waals surface area contributed by atoms with E-state index < -0.39 is 26.9 Å². The Morgan fingerprint density at radius 2 is 1.66 bits per heavy atom. The van der Waals surface area contributed by atoms with E-state index in [-0.39, 0.29) is 23.9 Å². The molecule has 5 aliphatic rings. The monoisotopic (exact) mass is 422 g/mol. The summed E-state index contributed by atoms with van der Waals surface area (Å²) in [7, 11) is -3.92. The van der Waals surface area contributed by atoms with Gasteiger partial charge < -0.3 is 10.0 Å². The number of sulfonamides is 1. The number of hydrogen-bond donors (Lipinski definition) is 1. The quantitative estimate of drug-likeness (QED) is 0.808. The van der Waals surface area contributed by atoms with Gasteiger partial charge in [0.1, 0.15) is 10.7 Å². The third kappa shape index (κ3) is 3.11. The van der Waals surface area contributed by atoms with Crippen LogP contribution >= 0.6 is 0 Å². The molecule has 1 amide bonds. The average molecular weight is 423 g/mol. The molecule has 4 atom stereocenters. The van der Waals surface area contributed by atoms with Gasteiger partial charge in [0, 0.05) is 26.2 Å². The van der Waals surface area contributed by atoms with Crippen molar-refractivity contribution in [3.05, 3.63) is 30.1 Å². The summed E-state index contributed by atoms with van der Waals surface area (Å²) in [6.45, 7) is 0.940. The molecule has 8 heteroatoms. The number of amides is 1. The number of rotatable bonds is 3. The van der Waals surface area contributed by atoms with Crippen LogP contribution in [0.15, 0.2) is 29.2 Å². The summed E-state index contributed by atoms with van der Waals surface area (Å²) in [6.07, 6.45) is 4.97. The molecule has 1 aliphatic heterocycles. The number of halogens is 1. The van der Waals surface area contributed by atoms with E-state index in [4.69, 9.17) is 0 Å². The van der Waals surface area contributed by atoms with Crippen LogP contribution in [0.25, 0.3) is 0 Å². The Hall–Kier alpha value is -1.51. The molecule has 6 nitrogen and oxygen atoms in total. The fourth-order valence-corrected chi connectivity index (χ4v) is 8.21. The first kappa shape index (κ1) is 19.5. The normalized spacial score (nSPS) is 37.1. The van der Waals surface area contributed by atoms with E-state index in [2.05, 4.69) is 0 Å². The molecule has 1 saturated heterocycles. The second kappa shape index (κ2) is 6.49. The number of nitrogens with zero attached hydrogens (tertiary/aromatic N) is 2. The molecule has 0 spiro atoms. The smallest absolute Gasteiger partial charge is 0.246 e. The molecular weight excluding hydrogens is 395 g/mol. The summed E-state index contributed by atoms with van der Waals surface area (Å²) in [5.41, 5.74) is -1.18. The molecule has 5 fully saturated rings. The molecule has 0 radical (unpaired) electrons. The van der Waals surface area contributed by atoms with Crippen molar-refractivity contribution in [2.24, 2.45) is 17.3 Å². The van der Waals surface area contributed by atoms with E-state index in [0.29, 0.717) is 31.3 Å². The van der Waals surface area contributed by atoms with Crippen LogP contribution in [-0.4, -0.2) is 60.4 Å². The first-order valence-corrected chi connectivity index (χ1v) is 11.9. The summed E-state index contributed by atoms with van der Waals surface area (Å²) in [5, 5.41) is 10.9. The van der Waals surface area contributed by atoms with Gasteiger partial charge in [0.15, 0.2) is 0 Å². The highest BCUT2D eigenvalue weighted by Crippen LogP contribution is 2.62. The van der Waals surface area contributed by atoms with Crippen LogP contribution in [0.5, 0.6) is 0 Å². The second-order valence-electron chi connectivity index (χ2n) is 9.59. The topological polar surface area (TPSA) is 77.9 Å². The molecule has 1 heterocycles. The lowest BCUT2D eigenvalue weighted by Crippen LogP contribution is -2.62. The van der Waals surface area contributed by atoms with Gasteiger partial charge in [0.2, 0.25) is 15.9 Å². The van der Waals surface area contributed by atoms with Gasteiger partial charge in [-0.25, -0.2) is 12.8 Å². The summed E-state index contributed by atoms with van der Waals surface area (Å²) in [4.78, 5) is 14.9. The van der Waals surface area contributed by atoms with Crippen molar-refractivity contribution in [1.29, 1.82) is 0 Å². The molecule has 29 heavy (non-hydrogen) atoms. The highest BCUT2D eigenvalue weighted by atomic mass is 32.2. The lowest BCUT2D eigenvalue weighted by Gasteiger charge is -2.60. The summed E-state index contributed by atoms with van der Waals surface area (Å²) >= 11 is 0. The molecule has 2 unspecified atom stereocenters. The molecule has 1 aromatic carbocycles. The van der Waals surface area contributed by atoms with Crippen molar-refractivity contribution >= 4 is 15.9 Å². The Bertz CT molecular complexity index is 928. The highest BCUT2D eigenvalue weighted by Gasteiger charge is 2.61. The van der Waals surface area contributed by atoms with Crippen LogP contribution in [0.3, 0.4) is 0 Å². The number of aliphatic hydroxyl groups is 1. The van der Waals surface area contributed by atoms with Crippen molar-refractivity contribution in [2.75, 3.05) is 26.2 Å². The van der Waals surface area contributed by atoms with Gasteiger partial charge in [-0.3, -0.25) is 4.79 Å². The Morgan fingerprint density at radius 1 is 1.03 bits per heavy atom. The third-order valence-electron chi connectivity index (χ3n) is 7.46. The maximum absolute atomic E-state index is 14.0. The predicted octanol–water partition coefficient (Wildman–Crippen LogP) is 1.99. The number of hydrogen-bond acceptors (Lipinski definition) is 4. The van der Waals surface area contributed by atoms with Gasteiger partial charge in [0.05, 0.1) is 11.0 Å². The number of carbonyl (C=O) groups is 1. The number of carbonyl (C=O) groups excluding carboxylic acids is 1. The number of benzene rings is 1. The molecule has 4 aliphatic carbocycles. The minimum Gasteiger partial charge on any atom is -0.390 e. The van der Waals surface area contributed by atoms with Crippen molar-refractivity contribution < 1.29 is 22.7 Å². The van der Waals surface area contributed by atoms with E-state index >= 15 is 0 Å². The first-order valence-electron chi connectivity index (χ1n) is 10.5. The second-order valence-corrected chi connectivity index (χ2v) is 11.5. The summed E-state index contributed by atoms with van der Waals surface area (Å²) in [6, 6.07) is 5.39. The van der Waals surface area contributed by atoms with Gasteiger partial charge >= 0.3 is 0 Å². The summed E-state index contributed by atoms with van der Waals surface area (Å²) < 4.78 is 40.9. The van der Waals surface area contributed by atoms with Crippen LogP contribution in [0, 0.1) is 23.1 Å². The maximum Gasteiger partial charge on any atom is 0.246 e. The van der Waals surface area contributed by atoms with Crippen LogP contribution in [0.4, 0.5) is 4.39 Å². The summed E-state index contributed by atoms with van der Waals surface area (Å²) in [5.74, 6) is 0.168. The lowest BCUT2D eigenvalue weighted by molar-refractivity contribution is -0.186. The SMILES string of the molecule is O=C(N1CCN(S(=O)(=O)c2ccccc2F)CC1)C12C[C@@H]3C[C@@H](CC(O)(C3)C1)C2. The van der Waals surface area contributed by atoms with E-state index in [0.717, 1.165) is 38.2 Å². The van der Waals surface area contributed by atoms with Gasteiger partial charge in [-0.2, -0.15) is 4.31 Å². The van der Waals surface area contributed by atoms with E-state index in [1.807, 2.05) is 0 Å². The fraction of sp³-hybridized carbons (Fsp3) is 0.667. The minimum absolute atomic E-state index is 0.0768. The van der Waals surface area contributed by atoms with Crippen LogP contribution < -0.4 is 0 Å². The zero-order valence-corrected chi connectivity index (χ0v) is 17.2. The molecular formula is C21H27FN2O4S. The van der Waals surface area contributed by atoms with Crippen LogP contribution in [-0.2, 0) is 14.8 Å². The van der Waals surface area contributed by atoms with E-state index in [1.165, 1.54) is 22.5 Å². The van der Waals surface area contributed by atoms with E-state index in [9.17, 15) is 22.7 Å². The Balaban J connectivity index is 1.30. The Morgan fingerprint density at radius 3 is 2.24 bits per heavy atom. The molecule has 4 bridgehead atoms. The van der Waals surface area contributed by atoms with Gasteiger partial charge in [0.25, 0.3) is 0 Å². The maximum atomic E-state index is 14.0. The largest absolute Gasteiger partial charge is 0.390 e. The minimum atomic E-state index is -3.92. The van der Waals surface area contributed by atoms with Crippen molar-refractivity contribution in [3.8, 4) is 0 Å². The van der Waals surface area contributed by atoms with Crippen molar-refractivity contribution in [1.82, 2.24) is 9.21 Å². The first-order chi connectivity index (χ1) is 13.7. The molecule has 0 aromatic heterocycles. The van der Waals surface area contributed by atoms with Gasteiger partial charge in [-0.05, 0) is 62.5 Å². The molecule has 1 N–H and O–H groups in total. The molecule has 1 aromatic rings. The van der Waals surface area contributed by atoms with Crippen molar-refractivity contribution in [3.63, 3.8) is 0 Å². The molecule has 4 saturated carbocycles. The zero-order valence-electron chi connectivity index (χ0n) is 16.4. The van der Waals surface area contributed by atoms with Crippen molar-refractivity contribution in [2.45, 2.75) is 49.0 Å². The van der Waals surface area contributed by atoms with Gasteiger partial charge in [-0.1, -0.05) is 12.1 Å². The Labute approximate surface area is 170 Å². The molecule has 6 rings (SSSR count). The fourth-order valence-electron chi connectivity index (χ4n) is 6.72. The van der Waals surface area contributed by atoms with E-state index in [1.54, 1.807) is 4.90 Å². The third-order valence-corrected chi connectivity index (χ3v) is 9.40.